The molecule has 6 heteroatoms. The van der Waals surface area contributed by atoms with Crippen molar-refractivity contribution in [2.75, 3.05) is 0 Å². The summed E-state index contributed by atoms with van der Waals surface area (Å²) in [5.74, 6) is -0.384. The molecule has 4 nitrogen and oxygen atoms in total. The van der Waals surface area contributed by atoms with Crippen molar-refractivity contribution in [3.05, 3.63) is 71.8 Å². The number of pyridine rings is 1. The fraction of sp³-hybridized carbons (Fsp3) is 0.0625. The molecular weight excluding hydrogens is 303 g/mol. The van der Waals surface area contributed by atoms with Gasteiger partial charge in [-0.3, -0.25) is 4.98 Å². The van der Waals surface area contributed by atoms with Crippen molar-refractivity contribution in [3.63, 3.8) is 0 Å². The summed E-state index contributed by atoms with van der Waals surface area (Å²) < 4.78 is 35.6. The highest BCUT2D eigenvalue weighted by molar-refractivity contribution is 7.89. The average molecular weight is 316 g/mol. The van der Waals surface area contributed by atoms with Gasteiger partial charge in [-0.2, -0.15) is 0 Å². The molecule has 0 fully saturated rings. The first-order valence-electron chi connectivity index (χ1n) is 6.61. The highest BCUT2D eigenvalue weighted by Crippen LogP contribution is 2.35. The van der Waals surface area contributed by atoms with Gasteiger partial charge in [-0.05, 0) is 41.8 Å². The summed E-state index contributed by atoms with van der Waals surface area (Å²) >= 11 is 0. The number of halogens is 1. The molecule has 0 bridgehead atoms. The van der Waals surface area contributed by atoms with Crippen LogP contribution in [0, 0.1) is 5.82 Å². The van der Waals surface area contributed by atoms with Gasteiger partial charge in [0.1, 0.15) is 5.82 Å². The minimum absolute atomic E-state index is 0.0697. The highest BCUT2D eigenvalue weighted by atomic mass is 32.2. The van der Waals surface area contributed by atoms with Gasteiger partial charge in [0, 0.05) is 5.57 Å². The van der Waals surface area contributed by atoms with Crippen LogP contribution in [0.15, 0.2) is 59.6 Å². The van der Waals surface area contributed by atoms with Crippen LogP contribution in [-0.2, 0) is 10.0 Å². The smallest absolute Gasteiger partial charge is 0.238 e. The highest BCUT2D eigenvalue weighted by Gasteiger charge is 2.16. The van der Waals surface area contributed by atoms with Crippen LogP contribution in [-0.4, -0.2) is 13.4 Å². The summed E-state index contributed by atoms with van der Waals surface area (Å²) in [5.41, 5.74) is 3.39. The molecule has 0 saturated heterocycles. The first-order valence-corrected chi connectivity index (χ1v) is 8.15. The zero-order valence-electron chi connectivity index (χ0n) is 11.5. The number of benzene rings is 1. The summed E-state index contributed by atoms with van der Waals surface area (Å²) in [7, 11) is -3.70. The van der Waals surface area contributed by atoms with Crippen molar-refractivity contribution in [1.82, 2.24) is 4.98 Å². The predicted octanol–water partition coefficient (Wildman–Crippen LogP) is 2.74. The van der Waals surface area contributed by atoms with E-state index in [1.807, 2.05) is 12.2 Å². The van der Waals surface area contributed by atoms with Crippen molar-refractivity contribution in [2.45, 2.75) is 11.3 Å². The maximum atomic E-state index is 13.0. The second kappa shape index (κ2) is 5.47. The van der Waals surface area contributed by atoms with Crippen molar-refractivity contribution < 1.29 is 12.8 Å². The molecule has 0 unspecified atom stereocenters. The molecule has 1 heterocycles. The minimum Gasteiger partial charge on any atom is -0.253 e. The van der Waals surface area contributed by atoms with Crippen LogP contribution < -0.4 is 5.14 Å². The number of aromatic nitrogens is 1. The number of nitrogens with zero attached hydrogens (tertiary/aromatic N) is 1. The monoisotopic (exact) mass is 316 g/mol. The van der Waals surface area contributed by atoms with Crippen LogP contribution in [0.1, 0.15) is 17.7 Å². The molecule has 0 radical (unpaired) electrons. The molecule has 22 heavy (non-hydrogen) atoms. The number of sulfonamides is 1. The molecule has 0 aliphatic heterocycles. The van der Waals surface area contributed by atoms with E-state index in [1.54, 1.807) is 18.2 Å². The lowest BCUT2D eigenvalue weighted by molar-refractivity contribution is 0.598. The van der Waals surface area contributed by atoms with Gasteiger partial charge in [-0.15, -0.1) is 0 Å². The molecule has 3 rings (SSSR count). The molecule has 112 valence electrons. The van der Waals surface area contributed by atoms with Crippen molar-refractivity contribution in [1.29, 1.82) is 0 Å². The minimum atomic E-state index is -3.70. The molecule has 1 aliphatic carbocycles. The maximum Gasteiger partial charge on any atom is 0.238 e. The Morgan fingerprint density at radius 3 is 2.27 bits per heavy atom. The Balaban J connectivity index is 1.95. The Morgan fingerprint density at radius 1 is 1.00 bits per heavy atom. The van der Waals surface area contributed by atoms with Gasteiger partial charge in [-0.1, -0.05) is 24.3 Å². The van der Waals surface area contributed by atoms with Crippen LogP contribution in [0.4, 0.5) is 4.39 Å². The molecule has 2 N–H and O–H groups in total. The standard InChI is InChI=1S/C16H13FN2O2S/c17-12-6-9-16(19-10-12)15-3-1-2-14(15)11-4-7-13(8-5-11)22(18,20)21/h2-10H,1H2,(H2,18,20,21). The molecule has 2 aromatic rings. The van der Waals surface area contributed by atoms with E-state index in [2.05, 4.69) is 4.98 Å². The lowest BCUT2D eigenvalue weighted by Gasteiger charge is -2.09. The Hall–Kier alpha value is -2.31. The first-order chi connectivity index (χ1) is 10.4. The van der Waals surface area contributed by atoms with Crippen LogP contribution in [0.5, 0.6) is 0 Å². The maximum absolute atomic E-state index is 13.0. The first kappa shape index (κ1) is 14.6. The van der Waals surface area contributed by atoms with Gasteiger partial charge < -0.3 is 0 Å². The van der Waals surface area contributed by atoms with E-state index >= 15 is 0 Å². The van der Waals surface area contributed by atoms with Crippen molar-refractivity contribution in [2.24, 2.45) is 5.14 Å². The largest absolute Gasteiger partial charge is 0.253 e. The third-order valence-electron chi connectivity index (χ3n) is 3.43. The van der Waals surface area contributed by atoms with Crippen molar-refractivity contribution in [3.8, 4) is 0 Å². The van der Waals surface area contributed by atoms with Gasteiger partial charge in [-0.25, -0.2) is 17.9 Å². The molecule has 1 aliphatic rings. The van der Waals surface area contributed by atoms with E-state index < -0.39 is 10.0 Å². The Labute approximate surface area is 127 Å². The number of allylic oxidation sites excluding steroid dienone is 4. The van der Waals surface area contributed by atoms with Gasteiger partial charge in [0.05, 0.1) is 16.8 Å². The third kappa shape index (κ3) is 2.84. The van der Waals surface area contributed by atoms with Crippen molar-refractivity contribution >= 4 is 21.2 Å². The SMILES string of the molecule is NS(=O)(=O)c1ccc(C2=CCC=C2c2ccc(F)cn2)cc1. The summed E-state index contributed by atoms with van der Waals surface area (Å²) in [6.45, 7) is 0. The molecule has 0 spiro atoms. The van der Waals surface area contributed by atoms with E-state index in [1.165, 1.54) is 24.4 Å². The number of primary sulfonamides is 1. The summed E-state index contributed by atoms with van der Waals surface area (Å²) in [4.78, 5) is 4.16. The molecule has 0 saturated carbocycles. The van der Waals surface area contributed by atoms with E-state index in [0.717, 1.165) is 23.1 Å². The summed E-state index contributed by atoms with van der Waals surface area (Å²) in [6.07, 6.45) is 5.95. The number of hydrogen-bond donors (Lipinski definition) is 1. The van der Waals surface area contributed by atoms with Crippen LogP contribution >= 0.6 is 0 Å². The number of rotatable bonds is 3. The van der Waals surface area contributed by atoms with Crippen LogP contribution in [0.3, 0.4) is 0 Å². The lowest BCUT2D eigenvalue weighted by Crippen LogP contribution is -2.11. The van der Waals surface area contributed by atoms with E-state index in [9.17, 15) is 12.8 Å². The normalized spacial score (nSPS) is 14.6. The second-order valence-corrected chi connectivity index (χ2v) is 6.46. The van der Waals surface area contributed by atoms with Gasteiger partial charge in [0.2, 0.25) is 10.0 Å². The van der Waals surface area contributed by atoms with Gasteiger partial charge in [0.15, 0.2) is 0 Å². The Morgan fingerprint density at radius 2 is 1.68 bits per heavy atom. The predicted molar refractivity (Wildman–Crippen MR) is 82.6 cm³/mol. The number of nitrogens with two attached hydrogens (primary N) is 1. The lowest BCUT2D eigenvalue weighted by atomic mass is 9.98. The summed E-state index contributed by atoms with van der Waals surface area (Å²) in [6, 6.07) is 9.34. The van der Waals surface area contributed by atoms with Gasteiger partial charge in [0.25, 0.3) is 0 Å². The Kier molecular flexibility index (Phi) is 3.64. The second-order valence-electron chi connectivity index (χ2n) is 4.90. The Bertz CT molecular complexity index is 867. The molecular formula is C16H13FN2O2S. The fourth-order valence-electron chi connectivity index (χ4n) is 2.39. The van der Waals surface area contributed by atoms with E-state index in [0.29, 0.717) is 5.69 Å². The van der Waals surface area contributed by atoms with E-state index in [4.69, 9.17) is 5.14 Å². The quantitative estimate of drug-likeness (QED) is 0.946. The van der Waals surface area contributed by atoms with Crippen LogP contribution in [0.2, 0.25) is 0 Å². The molecule has 0 amide bonds. The zero-order valence-corrected chi connectivity index (χ0v) is 12.3. The topological polar surface area (TPSA) is 73.1 Å². The molecule has 1 aromatic carbocycles. The number of hydrogen-bond acceptors (Lipinski definition) is 3. The molecule has 1 aromatic heterocycles. The fourth-order valence-corrected chi connectivity index (χ4v) is 2.91. The van der Waals surface area contributed by atoms with Crippen LogP contribution in [0.25, 0.3) is 11.1 Å². The van der Waals surface area contributed by atoms with Gasteiger partial charge >= 0.3 is 0 Å². The third-order valence-corrected chi connectivity index (χ3v) is 4.36. The zero-order chi connectivity index (χ0) is 15.7. The average Bonchev–Trinajstić information content (AvgIpc) is 2.97. The van der Waals surface area contributed by atoms with E-state index in [-0.39, 0.29) is 10.7 Å². The molecule has 0 atom stereocenters. The summed E-state index contributed by atoms with van der Waals surface area (Å²) in [5, 5.41) is 5.09.